The highest BCUT2D eigenvalue weighted by molar-refractivity contribution is 7.16. The van der Waals surface area contributed by atoms with Gasteiger partial charge in [-0.05, 0) is 42.8 Å². The Balaban J connectivity index is 1.93. The van der Waals surface area contributed by atoms with Gasteiger partial charge in [-0.1, -0.05) is 25.5 Å². The average Bonchev–Trinajstić information content (AvgIpc) is 3.05. The Hall–Kier alpha value is -2.53. The lowest BCUT2D eigenvalue weighted by molar-refractivity contribution is 0.415. The first-order valence-electron chi connectivity index (χ1n) is 8.29. The van der Waals surface area contributed by atoms with Crippen molar-refractivity contribution in [2.45, 2.75) is 19.8 Å². The largest absolute Gasteiger partial charge is 0.497 e. The number of methoxy groups -OCH3 is 2. The number of aryl methyl sites for hydroxylation is 1. The van der Waals surface area contributed by atoms with Crippen LogP contribution in [0.25, 0.3) is 11.3 Å². The van der Waals surface area contributed by atoms with Gasteiger partial charge in [0.25, 0.3) is 0 Å². The second kappa shape index (κ2) is 8.03. The van der Waals surface area contributed by atoms with Crippen LogP contribution < -0.4 is 14.8 Å². The smallest absolute Gasteiger partial charge is 0.188 e. The van der Waals surface area contributed by atoms with Gasteiger partial charge in [-0.3, -0.25) is 0 Å². The van der Waals surface area contributed by atoms with Gasteiger partial charge in [0.1, 0.15) is 11.5 Å². The molecule has 1 N–H and O–H groups in total. The van der Waals surface area contributed by atoms with Crippen molar-refractivity contribution in [2.24, 2.45) is 0 Å². The Morgan fingerprint density at radius 2 is 1.76 bits per heavy atom. The fourth-order valence-electron chi connectivity index (χ4n) is 2.64. The van der Waals surface area contributed by atoms with Crippen LogP contribution in [-0.2, 0) is 6.42 Å². The quantitative estimate of drug-likeness (QED) is 0.606. The van der Waals surface area contributed by atoms with E-state index >= 15 is 0 Å². The number of ether oxygens (including phenoxy) is 2. The molecule has 0 saturated carbocycles. The van der Waals surface area contributed by atoms with Gasteiger partial charge in [-0.2, -0.15) is 0 Å². The van der Waals surface area contributed by atoms with E-state index in [-0.39, 0.29) is 0 Å². The van der Waals surface area contributed by atoms with Crippen molar-refractivity contribution in [3.63, 3.8) is 0 Å². The van der Waals surface area contributed by atoms with Crippen LogP contribution in [0.3, 0.4) is 0 Å². The van der Waals surface area contributed by atoms with Crippen LogP contribution in [0.1, 0.15) is 18.2 Å². The van der Waals surface area contributed by atoms with Crippen LogP contribution >= 0.6 is 11.3 Å². The van der Waals surface area contributed by atoms with E-state index in [9.17, 15) is 0 Å². The first-order chi connectivity index (χ1) is 12.2. The zero-order valence-corrected chi connectivity index (χ0v) is 15.5. The maximum atomic E-state index is 5.41. The van der Waals surface area contributed by atoms with Gasteiger partial charge < -0.3 is 14.8 Å². The van der Waals surface area contributed by atoms with Gasteiger partial charge in [0.15, 0.2) is 5.13 Å². The number of para-hydroxylation sites is 2. The van der Waals surface area contributed by atoms with E-state index in [0.717, 1.165) is 46.4 Å². The summed E-state index contributed by atoms with van der Waals surface area (Å²) in [5, 5.41) is 4.27. The monoisotopic (exact) mass is 354 g/mol. The fraction of sp³-hybridized carbons (Fsp3) is 0.250. The third kappa shape index (κ3) is 3.94. The van der Waals surface area contributed by atoms with E-state index in [4.69, 9.17) is 14.5 Å². The maximum absolute atomic E-state index is 5.41. The van der Waals surface area contributed by atoms with E-state index in [2.05, 4.69) is 24.4 Å². The van der Waals surface area contributed by atoms with Crippen molar-refractivity contribution in [3.8, 4) is 22.8 Å². The molecule has 5 heteroatoms. The van der Waals surface area contributed by atoms with Gasteiger partial charge in [0.05, 0.1) is 25.6 Å². The molecule has 3 rings (SSSR count). The number of nitrogens with zero attached hydrogens (tertiary/aromatic N) is 1. The lowest BCUT2D eigenvalue weighted by Gasteiger charge is -2.08. The third-order valence-electron chi connectivity index (χ3n) is 3.89. The third-order valence-corrected chi connectivity index (χ3v) is 4.92. The Morgan fingerprint density at radius 1 is 1.00 bits per heavy atom. The predicted octanol–water partition coefficient (Wildman–Crippen LogP) is 5.52. The summed E-state index contributed by atoms with van der Waals surface area (Å²) < 4.78 is 10.7. The standard InChI is InChI=1S/C20H22N2O2S/c1-4-7-18-19(14-10-12-15(23-2)13-11-14)22-20(25-18)21-16-8-5-6-9-17(16)24-3/h5-6,8-13H,4,7H2,1-3H3,(H,21,22). The molecule has 0 aliphatic rings. The molecule has 0 atom stereocenters. The van der Waals surface area contributed by atoms with Crippen molar-refractivity contribution in [3.05, 3.63) is 53.4 Å². The molecule has 0 fully saturated rings. The molecule has 0 aliphatic carbocycles. The summed E-state index contributed by atoms with van der Waals surface area (Å²) in [4.78, 5) is 6.12. The van der Waals surface area contributed by atoms with Crippen LogP contribution in [0.4, 0.5) is 10.8 Å². The van der Waals surface area contributed by atoms with Crippen LogP contribution in [0.15, 0.2) is 48.5 Å². The molecular formula is C20H22N2O2S. The van der Waals surface area contributed by atoms with Crippen molar-refractivity contribution in [2.75, 3.05) is 19.5 Å². The highest BCUT2D eigenvalue weighted by Gasteiger charge is 2.14. The van der Waals surface area contributed by atoms with Crippen molar-refractivity contribution < 1.29 is 9.47 Å². The average molecular weight is 354 g/mol. The summed E-state index contributed by atoms with van der Waals surface area (Å²) in [6, 6.07) is 15.9. The number of thiazole rings is 1. The zero-order chi connectivity index (χ0) is 17.6. The Labute approximate surface area is 152 Å². The van der Waals surface area contributed by atoms with Crippen molar-refractivity contribution >= 4 is 22.2 Å². The molecule has 25 heavy (non-hydrogen) atoms. The number of hydrogen-bond donors (Lipinski definition) is 1. The lowest BCUT2D eigenvalue weighted by Crippen LogP contribution is -1.93. The Morgan fingerprint density at radius 3 is 2.44 bits per heavy atom. The number of hydrogen-bond acceptors (Lipinski definition) is 5. The van der Waals surface area contributed by atoms with Gasteiger partial charge in [-0.25, -0.2) is 4.98 Å². The molecule has 0 saturated heterocycles. The fourth-order valence-corrected chi connectivity index (χ4v) is 3.74. The number of rotatable bonds is 7. The highest BCUT2D eigenvalue weighted by atomic mass is 32.1. The van der Waals surface area contributed by atoms with Gasteiger partial charge in [0.2, 0.25) is 0 Å². The van der Waals surface area contributed by atoms with E-state index < -0.39 is 0 Å². The molecule has 1 heterocycles. The van der Waals surface area contributed by atoms with E-state index in [1.54, 1.807) is 25.6 Å². The molecule has 0 radical (unpaired) electrons. The summed E-state index contributed by atoms with van der Waals surface area (Å²) in [7, 11) is 3.35. The Bertz CT molecular complexity index is 828. The minimum Gasteiger partial charge on any atom is -0.497 e. The first-order valence-corrected chi connectivity index (χ1v) is 9.11. The molecule has 0 spiro atoms. The highest BCUT2D eigenvalue weighted by Crippen LogP contribution is 2.36. The van der Waals surface area contributed by atoms with Crippen LogP contribution in [-0.4, -0.2) is 19.2 Å². The molecule has 130 valence electrons. The van der Waals surface area contributed by atoms with E-state index in [1.807, 2.05) is 36.4 Å². The normalized spacial score (nSPS) is 10.5. The van der Waals surface area contributed by atoms with E-state index in [1.165, 1.54) is 4.88 Å². The molecule has 4 nitrogen and oxygen atoms in total. The van der Waals surface area contributed by atoms with Crippen molar-refractivity contribution in [1.29, 1.82) is 0 Å². The number of benzene rings is 2. The Kier molecular flexibility index (Phi) is 5.56. The zero-order valence-electron chi connectivity index (χ0n) is 14.7. The second-order valence-corrected chi connectivity index (χ2v) is 6.68. The first kappa shape index (κ1) is 17.3. The van der Waals surface area contributed by atoms with Gasteiger partial charge in [-0.15, -0.1) is 11.3 Å². The number of aromatic nitrogens is 1. The lowest BCUT2D eigenvalue weighted by atomic mass is 10.1. The SMILES string of the molecule is CCCc1sc(Nc2ccccc2OC)nc1-c1ccc(OC)cc1. The molecule has 0 aliphatic heterocycles. The molecule has 0 amide bonds. The molecule has 2 aromatic carbocycles. The minimum absolute atomic E-state index is 0.806. The van der Waals surface area contributed by atoms with E-state index in [0.29, 0.717) is 0 Å². The van der Waals surface area contributed by atoms with Crippen LogP contribution in [0.5, 0.6) is 11.5 Å². The van der Waals surface area contributed by atoms with Gasteiger partial charge in [0, 0.05) is 10.4 Å². The molecule has 0 bridgehead atoms. The summed E-state index contributed by atoms with van der Waals surface area (Å²) in [5.41, 5.74) is 3.06. The predicted molar refractivity (Wildman–Crippen MR) is 104 cm³/mol. The molecule has 1 aromatic heterocycles. The number of anilines is 2. The number of nitrogens with one attached hydrogen (secondary N) is 1. The summed E-state index contributed by atoms with van der Waals surface area (Å²) in [6.07, 6.45) is 2.09. The van der Waals surface area contributed by atoms with Crippen molar-refractivity contribution in [1.82, 2.24) is 4.98 Å². The van der Waals surface area contributed by atoms with Crippen LogP contribution in [0, 0.1) is 0 Å². The molecule has 3 aromatic rings. The molecular weight excluding hydrogens is 332 g/mol. The second-order valence-electron chi connectivity index (χ2n) is 5.59. The minimum atomic E-state index is 0.806. The van der Waals surface area contributed by atoms with Crippen LogP contribution in [0.2, 0.25) is 0 Å². The molecule has 0 unspecified atom stereocenters. The maximum Gasteiger partial charge on any atom is 0.188 e. The summed E-state index contributed by atoms with van der Waals surface area (Å²) >= 11 is 1.69. The van der Waals surface area contributed by atoms with Gasteiger partial charge >= 0.3 is 0 Å². The summed E-state index contributed by atoms with van der Waals surface area (Å²) in [6.45, 7) is 2.19. The summed E-state index contributed by atoms with van der Waals surface area (Å²) in [5.74, 6) is 1.66. The topological polar surface area (TPSA) is 43.4 Å².